The van der Waals surface area contributed by atoms with Crippen LogP contribution in [0.25, 0.3) is 0 Å². The fourth-order valence-electron chi connectivity index (χ4n) is 3.54. The molecule has 2 aromatic carbocycles. The Hall–Kier alpha value is -2.04. The molecule has 0 saturated carbocycles. The molecular formula is C21H27ClN3O+. The monoisotopic (exact) mass is 372 g/mol. The SMILES string of the molecule is Cc1ccccc1N1CC[NH+](CC(=O)N[C@H](C)c2cccc(Cl)c2)CC1. The Labute approximate surface area is 160 Å². The van der Waals surface area contributed by atoms with Gasteiger partial charge in [-0.25, -0.2) is 0 Å². The van der Waals surface area contributed by atoms with Gasteiger partial charge in [0.05, 0.1) is 32.2 Å². The van der Waals surface area contributed by atoms with Gasteiger partial charge in [-0.3, -0.25) is 4.79 Å². The number of hydrogen-bond donors (Lipinski definition) is 2. The van der Waals surface area contributed by atoms with Crippen molar-refractivity contribution in [1.29, 1.82) is 0 Å². The van der Waals surface area contributed by atoms with E-state index in [0.29, 0.717) is 11.6 Å². The van der Waals surface area contributed by atoms with Gasteiger partial charge >= 0.3 is 0 Å². The van der Waals surface area contributed by atoms with Crippen molar-refractivity contribution in [3.05, 3.63) is 64.7 Å². The number of para-hydroxylation sites is 1. The third kappa shape index (κ3) is 4.77. The van der Waals surface area contributed by atoms with Gasteiger partial charge in [0.2, 0.25) is 0 Å². The molecule has 4 nitrogen and oxygen atoms in total. The lowest BCUT2D eigenvalue weighted by atomic mass is 10.1. The van der Waals surface area contributed by atoms with Crippen LogP contribution in [0.3, 0.4) is 0 Å². The number of nitrogens with zero attached hydrogens (tertiary/aromatic N) is 1. The van der Waals surface area contributed by atoms with Crippen molar-refractivity contribution in [2.24, 2.45) is 0 Å². The molecule has 0 aliphatic carbocycles. The minimum atomic E-state index is -0.0335. The predicted octanol–water partition coefficient (Wildman–Crippen LogP) is 2.23. The highest BCUT2D eigenvalue weighted by Gasteiger charge is 2.23. The smallest absolute Gasteiger partial charge is 0.275 e. The van der Waals surface area contributed by atoms with Crippen LogP contribution < -0.4 is 15.1 Å². The zero-order chi connectivity index (χ0) is 18.5. The van der Waals surface area contributed by atoms with Crippen molar-refractivity contribution in [2.45, 2.75) is 19.9 Å². The lowest BCUT2D eigenvalue weighted by molar-refractivity contribution is -0.892. The standard InChI is InChI=1S/C21H26ClN3O/c1-16-6-3-4-9-20(16)25-12-10-24(11-13-25)15-21(26)23-17(2)18-7-5-8-19(22)14-18/h3-9,14,17H,10-13,15H2,1-2H3,(H,23,26)/p+1/t17-/m1/s1. The van der Waals surface area contributed by atoms with Crippen molar-refractivity contribution in [3.63, 3.8) is 0 Å². The van der Waals surface area contributed by atoms with E-state index in [1.54, 1.807) is 0 Å². The summed E-state index contributed by atoms with van der Waals surface area (Å²) in [5.41, 5.74) is 3.65. The van der Waals surface area contributed by atoms with E-state index in [1.165, 1.54) is 16.2 Å². The average Bonchev–Trinajstić information content (AvgIpc) is 2.63. The first-order valence-electron chi connectivity index (χ1n) is 9.22. The van der Waals surface area contributed by atoms with Crippen LogP contribution in [0.5, 0.6) is 0 Å². The molecule has 2 N–H and O–H groups in total. The second kappa shape index (κ2) is 8.56. The maximum absolute atomic E-state index is 12.4. The molecule has 1 aliphatic rings. The van der Waals surface area contributed by atoms with E-state index in [9.17, 15) is 4.79 Å². The quantitative estimate of drug-likeness (QED) is 0.844. The van der Waals surface area contributed by atoms with Crippen molar-refractivity contribution in [2.75, 3.05) is 37.6 Å². The van der Waals surface area contributed by atoms with Gasteiger partial charge in [0.15, 0.2) is 6.54 Å². The third-order valence-corrected chi connectivity index (χ3v) is 5.30. The second-order valence-corrected chi connectivity index (χ2v) is 7.48. The van der Waals surface area contributed by atoms with Gasteiger partial charge in [0.25, 0.3) is 5.91 Å². The van der Waals surface area contributed by atoms with Crippen LogP contribution in [0.15, 0.2) is 48.5 Å². The number of amides is 1. The maximum atomic E-state index is 12.4. The van der Waals surface area contributed by atoms with Crippen LogP contribution in [-0.2, 0) is 4.79 Å². The molecule has 3 rings (SSSR count). The summed E-state index contributed by atoms with van der Waals surface area (Å²) < 4.78 is 0. The van der Waals surface area contributed by atoms with Crippen molar-refractivity contribution < 1.29 is 9.69 Å². The normalized spacial score (nSPS) is 16.3. The Balaban J connectivity index is 1.48. The van der Waals surface area contributed by atoms with E-state index in [4.69, 9.17) is 11.6 Å². The number of hydrogen-bond acceptors (Lipinski definition) is 2. The van der Waals surface area contributed by atoms with Gasteiger partial charge in [-0.1, -0.05) is 41.9 Å². The van der Waals surface area contributed by atoms with Crippen LogP contribution in [0.1, 0.15) is 24.1 Å². The average molecular weight is 373 g/mol. The lowest BCUT2D eigenvalue weighted by Gasteiger charge is -2.34. The Morgan fingerprint density at radius 3 is 2.62 bits per heavy atom. The highest BCUT2D eigenvalue weighted by molar-refractivity contribution is 6.30. The zero-order valence-electron chi connectivity index (χ0n) is 15.5. The molecule has 5 heteroatoms. The highest BCUT2D eigenvalue weighted by atomic mass is 35.5. The maximum Gasteiger partial charge on any atom is 0.275 e. The molecule has 0 bridgehead atoms. The fraction of sp³-hybridized carbons (Fsp3) is 0.381. The summed E-state index contributed by atoms with van der Waals surface area (Å²) in [6, 6.07) is 16.1. The summed E-state index contributed by atoms with van der Waals surface area (Å²) in [6.07, 6.45) is 0. The number of benzene rings is 2. The third-order valence-electron chi connectivity index (χ3n) is 5.06. The van der Waals surface area contributed by atoms with Crippen LogP contribution >= 0.6 is 11.6 Å². The molecule has 1 heterocycles. The van der Waals surface area contributed by atoms with E-state index >= 15 is 0 Å². The number of halogens is 1. The van der Waals surface area contributed by atoms with Crippen LogP contribution in [0.4, 0.5) is 5.69 Å². The van der Waals surface area contributed by atoms with Crippen LogP contribution in [0.2, 0.25) is 5.02 Å². The Kier molecular flexibility index (Phi) is 6.17. The Morgan fingerprint density at radius 2 is 1.92 bits per heavy atom. The largest absolute Gasteiger partial charge is 0.360 e. The number of piperazine rings is 1. The topological polar surface area (TPSA) is 36.8 Å². The molecule has 0 radical (unpaired) electrons. The summed E-state index contributed by atoms with van der Waals surface area (Å²) in [4.78, 5) is 16.2. The summed E-state index contributed by atoms with van der Waals surface area (Å²) in [7, 11) is 0. The van der Waals surface area contributed by atoms with E-state index in [0.717, 1.165) is 31.7 Å². The number of rotatable bonds is 5. The summed E-state index contributed by atoms with van der Waals surface area (Å²) in [5.74, 6) is 0.0943. The minimum absolute atomic E-state index is 0.0335. The van der Waals surface area contributed by atoms with Crippen LogP contribution in [0, 0.1) is 6.92 Å². The molecule has 1 amide bonds. The van der Waals surface area contributed by atoms with E-state index in [2.05, 4.69) is 41.4 Å². The summed E-state index contributed by atoms with van der Waals surface area (Å²) >= 11 is 6.03. The molecule has 26 heavy (non-hydrogen) atoms. The highest BCUT2D eigenvalue weighted by Crippen LogP contribution is 2.19. The number of quaternary nitrogens is 1. The number of carbonyl (C=O) groups is 1. The predicted molar refractivity (Wildman–Crippen MR) is 107 cm³/mol. The molecule has 0 spiro atoms. The number of nitrogens with one attached hydrogen (secondary N) is 2. The summed E-state index contributed by atoms with van der Waals surface area (Å²) in [5, 5.41) is 3.79. The van der Waals surface area contributed by atoms with Gasteiger partial charge in [-0.2, -0.15) is 0 Å². The molecule has 1 fully saturated rings. The van der Waals surface area contributed by atoms with Gasteiger partial charge in [-0.15, -0.1) is 0 Å². The molecule has 2 aromatic rings. The van der Waals surface area contributed by atoms with Crippen molar-refractivity contribution >= 4 is 23.2 Å². The first kappa shape index (κ1) is 18.7. The number of anilines is 1. The first-order valence-corrected chi connectivity index (χ1v) is 9.59. The minimum Gasteiger partial charge on any atom is -0.360 e. The molecule has 1 atom stereocenters. The number of aryl methyl sites for hydroxylation is 1. The molecule has 0 unspecified atom stereocenters. The number of carbonyl (C=O) groups excluding carboxylic acids is 1. The van der Waals surface area contributed by atoms with Crippen molar-refractivity contribution in [1.82, 2.24) is 5.32 Å². The van der Waals surface area contributed by atoms with E-state index in [1.807, 2.05) is 31.2 Å². The molecule has 138 valence electrons. The van der Waals surface area contributed by atoms with E-state index in [-0.39, 0.29) is 11.9 Å². The lowest BCUT2D eigenvalue weighted by Crippen LogP contribution is -3.16. The molecule has 0 aromatic heterocycles. The van der Waals surface area contributed by atoms with Gasteiger partial charge in [-0.05, 0) is 43.2 Å². The summed E-state index contributed by atoms with van der Waals surface area (Å²) in [6.45, 7) is 8.59. The first-order chi connectivity index (χ1) is 12.5. The Morgan fingerprint density at radius 1 is 1.19 bits per heavy atom. The Bertz CT molecular complexity index is 756. The van der Waals surface area contributed by atoms with Gasteiger partial charge in [0, 0.05) is 10.7 Å². The molecule has 1 aliphatic heterocycles. The van der Waals surface area contributed by atoms with Crippen molar-refractivity contribution in [3.8, 4) is 0 Å². The molecular weight excluding hydrogens is 346 g/mol. The second-order valence-electron chi connectivity index (χ2n) is 7.04. The van der Waals surface area contributed by atoms with Gasteiger partial charge < -0.3 is 15.1 Å². The van der Waals surface area contributed by atoms with E-state index < -0.39 is 0 Å². The van der Waals surface area contributed by atoms with Gasteiger partial charge in [0.1, 0.15) is 0 Å². The van der Waals surface area contributed by atoms with Crippen LogP contribution in [-0.4, -0.2) is 38.6 Å². The molecule has 1 saturated heterocycles. The fourth-order valence-corrected chi connectivity index (χ4v) is 3.74. The zero-order valence-corrected chi connectivity index (χ0v) is 16.2.